The summed E-state index contributed by atoms with van der Waals surface area (Å²) in [5, 5.41) is 2.41. The molecule has 3 rings (SSSR count). The van der Waals surface area contributed by atoms with Crippen LogP contribution in [0.15, 0.2) is 65.1 Å². The van der Waals surface area contributed by atoms with Gasteiger partial charge in [-0.25, -0.2) is 4.39 Å². The molecule has 0 aliphatic rings. The van der Waals surface area contributed by atoms with Gasteiger partial charge in [-0.05, 0) is 52.6 Å². The molecule has 3 aromatic rings. The Bertz CT molecular complexity index is 783. The van der Waals surface area contributed by atoms with E-state index in [1.165, 1.54) is 22.4 Å². The molecule has 0 saturated carbocycles. The molecular weight excluding hydrogens is 395 g/mol. The Kier molecular flexibility index (Phi) is 4.41. The third-order valence-electron chi connectivity index (χ3n) is 3.49. The van der Waals surface area contributed by atoms with Crippen LogP contribution < -0.4 is 0 Å². The van der Waals surface area contributed by atoms with Crippen LogP contribution in [0.1, 0.15) is 16.0 Å². The molecule has 0 aromatic heterocycles. The van der Waals surface area contributed by atoms with Crippen molar-refractivity contribution < 1.29 is 4.39 Å². The van der Waals surface area contributed by atoms with Crippen molar-refractivity contribution in [1.29, 1.82) is 0 Å². The maximum Gasteiger partial charge on any atom is 0.123 e. The number of benzene rings is 3. The first-order valence-corrected chi connectivity index (χ1v) is 8.40. The Morgan fingerprint density at radius 1 is 0.905 bits per heavy atom. The smallest absolute Gasteiger partial charge is 0.123 e. The zero-order chi connectivity index (χ0) is 14.8. The minimum atomic E-state index is -0.185. The van der Waals surface area contributed by atoms with Crippen LogP contribution in [0.3, 0.4) is 0 Å². The van der Waals surface area contributed by atoms with Crippen molar-refractivity contribution in [1.82, 2.24) is 0 Å². The molecule has 0 heterocycles. The van der Waals surface area contributed by atoms with Crippen molar-refractivity contribution in [3.63, 3.8) is 0 Å². The Morgan fingerprint density at radius 2 is 1.67 bits per heavy atom. The van der Waals surface area contributed by atoms with Gasteiger partial charge >= 0.3 is 0 Å². The molecule has 0 N–H and O–H groups in total. The minimum Gasteiger partial charge on any atom is -0.207 e. The summed E-state index contributed by atoms with van der Waals surface area (Å²) in [5.74, 6) is -0.185. The predicted octanol–water partition coefficient (Wildman–Crippen LogP) is 6.42. The molecule has 0 bridgehead atoms. The van der Waals surface area contributed by atoms with Gasteiger partial charge in [0.15, 0.2) is 0 Å². The Labute approximate surface area is 140 Å². The van der Waals surface area contributed by atoms with E-state index in [9.17, 15) is 4.39 Å². The zero-order valence-electron chi connectivity index (χ0n) is 11.2. The topological polar surface area (TPSA) is 0 Å². The maximum absolute atomic E-state index is 13.2. The summed E-state index contributed by atoms with van der Waals surface area (Å²) in [4.78, 5) is 0.173. The van der Waals surface area contributed by atoms with E-state index in [1.807, 2.05) is 12.1 Å². The first kappa shape index (κ1) is 14.7. The molecule has 0 aliphatic carbocycles. The monoisotopic (exact) mass is 406 g/mol. The molecule has 0 aliphatic heterocycles. The highest BCUT2D eigenvalue weighted by Gasteiger charge is 2.10. The first-order chi connectivity index (χ1) is 10.1. The number of fused-ring (bicyclic) bond motifs is 1. The van der Waals surface area contributed by atoms with Crippen molar-refractivity contribution in [3.8, 4) is 0 Å². The van der Waals surface area contributed by atoms with Gasteiger partial charge in [0, 0.05) is 9.30 Å². The second-order valence-electron chi connectivity index (χ2n) is 5.05. The Morgan fingerprint density at radius 3 is 2.48 bits per heavy atom. The van der Waals surface area contributed by atoms with Crippen LogP contribution in [-0.4, -0.2) is 0 Å². The summed E-state index contributed by atoms with van der Waals surface area (Å²) in [5.41, 5.74) is 2.20. The van der Waals surface area contributed by atoms with Gasteiger partial charge in [0.1, 0.15) is 5.82 Å². The molecule has 1 atom stereocenters. The molecular formula is C18H13Br2F. The summed E-state index contributed by atoms with van der Waals surface area (Å²) in [6.45, 7) is 0. The molecule has 0 spiro atoms. The lowest BCUT2D eigenvalue weighted by Gasteiger charge is -2.12. The van der Waals surface area contributed by atoms with Crippen molar-refractivity contribution in [2.75, 3.05) is 0 Å². The number of alkyl halides is 1. The number of hydrogen-bond donors (Lipinski definition) is 0. The minimum absolute atomic E-state index is 0.173. The van der Waals surface area contributed by atoms with E-state index in [4.69, 9.17) is 0 Å². The average molecular weight is 408 g/mol. The average Bonchev–Trinajstić information content (AvgIpc) is 2.46. The van der Waals surface area contributed by atoms with Gasteiger partial charge in [0.05, 0.1) is 0 Å². The van der Waals surface area contributed by atoms with Crippen LogP contribution in [0.4, 0.5) is 4.39 Å². The number of halogens is 3. The standard InChI is InChI=1S/C18H13Br2F/c19-16-7-6-13-10-15(5-4-14(13)11-16)18(20)9-12-2-1-3-17(21)8-12/h1-8,10-11,18H,9H2. The molecule has 0 radical (unpaired) electrons. The number of hydrogen-bond acceptors (Lipinski definition) is 0. The molecule has 1 unspecified atom stereocenters. The highest BCUT2D eigenvalue weighted by atomic mass is 79.9. The van der Waals surface area contributed by atoms with Crippen LogP contribution >= 0.6 is 31.9 Å². The van der Waals surface area contributed by atoms with Crippen LogP contribution in [0.5, 0.6) is 0 Å². The quantitative estimate of drug-likeness (QED) is 0.439. The van der Waals surface area contributed by atoms with Gasteiger partial charge < -0.3 is 0 Å². The second kappa shape index (κ2) is 6.29. The van der Waals surface area contributed by atoms with E-state index in [-0.39, 0.29) is 10.6 Å². The molecule has 21 heavy (non-hydrogen) atoms. The van der Waals surface area contributed by atoms with Crippen molar-refractivity contribution in [2.24, 2.45) is 0 Å². The van der Waals surface area contributed by atoms with Crippen molar-refractivity contribution in [3.05, 3.63) is 82.1 Å². The van der Waals surface area contributed by atoms with Gasteiger partial charge in [-0.1, -0.05) is 68.3 Å². The van der Waals surface area contributed by atoms with Gasteiger partial charge in [0.25, 0.3) is 0 Å². The molecule has 3 aromatic carbocycles. The lowest BCUT2D eigenvalue weighted by Crippen LogP contribution is -1.96. The van der Waals surface area contributed by atoms with E-state index in [0.29, 0.717) is 0 Å². The largest absolute Gasteiger partial charge is 0.207 e. The molecule has 0 amide bonds. The van der Waals surface area contributed by atoms with E-state index in [2.05, 4.69) is 62.2 Å². The SMILES string of the molecule is Fc1cccc(CC(Br)c2ccc3cc(Br)ccc3c2)c1. The highest BCUT2D eigenvalue weighted by Crippen LogP contribution is 2.30. The van der Waals surface area contributed by atoms with Crippen LogP contribution in [0.2, 0.25) is 0 Å². The summed E-state index contributed by atoms with van der Waals surface area (Å²) in [7, 11) is 0. The van der Waals surface area contributed by atoms with Crippen molar-refractivity contribution in [2.45, 2.75) is 11.2 Å². The maximum atomic E-state index is 13.2. The molecule has 0 saturated heterocycles. The zero-order valence-corrected chi connectivity index (χ0v) is 14.4. The molecule has 0 fully saturated rings. The Hall–Kier alpha value is -1.19. The third-order valence-corrected chi connectivity index (χ3v) is 4.84. The van der Waals surface area contributed by atoms with E-state index in [1.54, 1.807) is 12.1 Å². The lowest BCUT2D eigenvalue weighted by atomic mass is 10.0. The number of rotatable bonds is 3. The third kappa shape index (κ3) is 3.53. The van der Waals surface area contributed by atoms with Gasteiger partial charge in [0.2, 0.25) is 0 Å². The van der Waals surface area contributed by atoms with E-state index >= 15 is 0 Å². The first-order valence-electron chi connectivity index (χ1n) is 6.69. The normalized spacial score (nSPS) is 12.5. The van der Waals surface area contributed by atoms with Crippen LogP contribution in [0, 0.1) is 5.82 Å². The fraction of sp³-hybridized carbons (Fsp3) is 0.111. The van der Waals surface area contributed by atoms with Gasteiger partial charge in [-0.2, -0.15) is 0 Å². The Balaban J connectivity index is 1.87. The summed E-state index contributed by atoms with van der Waals surface area (Å²) >= 11 is 7.20. The molecule has 3 heteroatoms. The van der Waals surface area contributed by atoms with Gasteiger partial charge in [-0.3, -0.25) is 0 Å². The predicted molar refractivity (Wildman–Crippen MR) is 93.4 cm³/mol. The fourth-order valence-electron chi connectivity index (χ4n) is 2.42. The van der Waals surface area contributed by atoms with Crippen LogP contribution in [-0.2, 0) is 6.42 Å². The molecule has 106 valence electrons. The van der Waals surface area contributed by atoms with Crippen molar-refractivity contribution >= 4 is 42.6 Å². The van der Waals surface area contributed by atoms with Crippen LogP contribution in [0.25, 0.3) is 10.8 Å². The second-order valence-corrected chi connectivity index (χ2v) is 7.07. The van der Waals surface area contributed by atoms with E-state index in [0.717, 1.165) is 16.5 Å². The summed E-state index contributed by atoms with van der Waals surface area (Å²) in [6, 6.07) is 19.4. The summed E-state index contributed by atoms with van der Waals surface area (Å²) < 4.78 is 14.3. The molecule has 0 nitrogen and oxygen atoms in total. The highest BCUT2D eigenvalue weighted by molar-refractivity contribution is 9.10. The lowest BCUT2D eigenvalue weighted by molar-refractivity contribution is 0.625. The van der Waals surface area contributed by atoms with Gasteiger partial charge in [-0.15, -0.1) is 0 Å². The van der Waals surface area contributed by atoms with E-state index < -0.39 is 0 Å². The summed E-state index contributed by atoms with van der Waals surface area (Å²) in [6.07, 6.45) is 0.764. The fourth-order valence-corrected chi connectivity index (χ4v) is 3.46.